The number of carbonyl (C=O) groups is 1. The number of thioether (sulfide) groups is 1. The Labute approximate surface area is 174 Å². The summed E-state index contributed by atoms with van der Waals surface area (Å²) in [5.74, 6) is 2.01. The van der Waals surface area contributed by atoms with Gasteiger partial charge in [-0.2, -0.15) is 0 Å². The van der Waals surface area contributed by atoms with Crippen molar-refractivity contribution in [1.29, 1.82) is 0 Å². The number of para-hydroxylation sites is 1. The largest absolute Gasteiger partial charge is 0.484 e. The molecular weight excluding hydrogens is 396 g/mol. The molecule has 2 aromatic rings. The lowest BCUT2D eigenvalue weighted by Gasteiger charge is -2.33. The molecule has 1 aliphatic carbocycles. The van der Waals surface area contributed by atoms with E-state index in [9.17, 15) is 4.79 Å². The second-order valence-corrected chi connectivity index (χ2v) is 8.79. The van der Waals surface area contributed by atoms with Crippen LogP contribution in [-0.2, 0) is 11.4 Å². The highest BCUT2D eigenvalue weighted by molar-refractivity contribution is 7.99. The first kappa shape index (κ1) is 19.6. The van der Waals surface area contributed by atoms with E-state index < -0.39 is 0 Å². The normalized spacial score (nSPS) is 19.6. The van der Waals surface area contributed by atoms with Crippen molar-refractivity contribution in [3.8, 4) is 5.75 Å². The molecular formula is C20H25ClN4O2S. The number of carbonyl (C=O) groups excluding carboxylic acids is 1. The molecule has 28 heavy (non-hydrogen) atoms. The first-order valence-corrected chi connectivity index (χ1v) is 11.2. The summed E-state index contributed by atoms with van der Waals surface area (Å²) >= 11 is 7.65. The lowest BCUT2D eigenvalue weighted by molar-refractivity contribution is -0.131. The monoisotopic (exact) mass is 420 g/mol. The fourth-order valence-electron chi connectivity index (χ4n) is 3.59. The highest BCUT2D eigenvalue weighted by atomic mass is 35.5. The van der Waals surface area contributed by atoms with E-state index in [0.29, 0.717) is 35.2 Å². The summed E-state index contributed by atoms with van der Waals surface area (Å²) in [5.41, 5.74) is 0. The molecule has 1 unspecified atom stereocenters. The predicted molar refractivity (Wildman–Crippen MR) is 110 cm³/mol. The maximum Gasteiger partial charge on any atom is 0.233 e. The molecule has 8 heteroatoms. The van der Waals surface area contributed by atoms with Crippen molar-refractivity contribution < 1.29 is 9.53 Å². The van der Waals surface area contributed by atoms with Gasteiger partial charge in [0.2, 0.25) is 5.91 Å². The van der Waals surface area contributed by atoms with Gasteiger partial charge in [0, 0.05) is 18.6 Å². The zero-order chi connectivity index (χ0) is 19.5. The third-order valence-electron chi connectivity index (χ3n) is 5.29. The van der Waals surface area contributed by atoms with Crippen LogP contribution >= 0.6 is 23.4 Å². The van der Waals surface area contributed by atoms with Crippen molar-refractivity contribution >= 4 is 29.3 Å². The molecule has 0 N–H and O–H groups in total. The van der Waals surface area contributed by atoms with Crippen LogP contribution in [0.3, 0.4) is 0 Å². The van der Waals surface area contributed by atoms with Gasteiger partial charge in [-0.15, -0.1) is 10.2 Å². The smallest absolute Gasteiger partial charge is 0.233 e. The number of amides is 1. The lowest BCUT2D eigenvalue weighted by Crippen LogP contribution is -2.43. The molecule has 1 saturated heterocycles. The van der Waals surface area contributed by atoms with Crippen LogP contribution in [0.4, 0.5) is 0 Å². The molecule has 1 amide bonds. The van der Waals surface area contributed by atoms with Crippen molar-refractivity contribution in [3.05, 3.63) is 35.1 Å². The average Bonchev–Trinajstić information content (AvgIpc) is 3.46. The Morgan fingerprint density at radius 3 is 2.82 bits per heavy atom. The first-order valence-electron chi connectivity index (χ1n) is 9.87. The molecule has 150 valence electrons. The SMILES string of the molecule is CC1CCCCN1C(=O)CSc1nnc(COc2ccccc2Cl)n1C1CC1. The summed E-state index contributed by atoms with van der Waals surface area (Å²) in [7, 11) is 0. The van der Waals surface area contributed by atoms with Crippen molar-refractivity contribution in [2.24, 2.45) is 0 Å². The van der Waals surface area contributed by atoms with Gasteiger partial charge < -0.3 is 9.64 Å². The summed E-state index contributed by atoms with van der Waals surface area (Å²) in [5, 5.41) is 10.1. The second-order valence-electron chi connectivity index (χ2n) is 7.44. The summed E-state index contributed by atoms with van der Waals surface area (Å²) in [6.07, 6.45) is 5.63. The maximum absolute atomic E-state index is 12.6. The summed E-state index contributed by atoms with van der Waals surface area (Å²) < 4.78 is 7.98. The average molecular weight is 421 g/mol. The van der Waals surface area contributed by atoms with Gasteiger partial charge in [-0.1, -0.05) is 35.5 Å². The summed E-state index contributed by atoms with van der Waals surface area (Å²) in [4.78, 5) is 14.7. The summed E-state index contributed by atoms with van der Waals surface area (Å²) in [6, 6.07) is 8.15. The van der Waals surface area contributed by atoms with Crippen molar-refractivity contribution in [2.45, 2.75) is 62.9 Å². The predicted octanol–water partition coefficient (Wildman–Crippen LogP) is 4.34. The number of halogens is 1. The Morgan fingerprint density at radius 2 is 2.07 bits per heavy atom. The number of nitrogens with zero attached hydrogens (tertiary/aromatic N) is 4. The van der Waals surface area contributed by atoms with Gasteiger partial charge in [0.1, 0.15) is 12.4 Å². The van der Waals surface area contributed by atoms with Crippen LogP contribution in [0.2, 0.25) is 5.02 Å². The van der Waals surface area contributed by atoms with Gasteiger partial charge in [-0.25, -0.2) is 0 Å². The molecule has 0 radical (unpaired) electrons. The number of likely N-dealkylation sites (tertiary alicyclic amines) is 1. The fourth-order valence-corrected chi connectivity index (χ4v) is 4.69. The lowest BCUT2D eigenvalue weighted by atomic mass is 10.0. The molecule has 2 heterocycles. The number of hydrogen-bond donors (Lipinski definition) is 0. The molecule has 1 aromatic heterocycles. The molecule has 4 rings (SSSR count). The number of aromatic nitrogens is 3. The van der Waals surface area contributed by atoms with E-state index in [1.807, 2.05) is 23.1 Å². The van der Waals surface area contributed by atoms with Gasteiger partial charge in [0.15, 0.2) is 11.0 Å². The molecule has 1 aromatic carbocycles. The van der Waals surface area contributed by atoms with Crippen LogP contribution in [-0.4, -0.2) is 43.9 Å². The number of piperidine rings is 1. The molecule has 1 saturated carbocycles. The van der Waals surface area contributed by atoms with E-state index in [1.165, 1.54) is 18.2 Å². The van der Waals surface area contributed by atoms with Crippen LogP contribution in [0.5, 0.6) is 5.75 Å². The van der Waals surface area contributed by atoms with Crippen LogP contribution in [0.15, 0.2) is 29.4 Å². The molecule has 6 nitrogen and oxygen atoms in total. The Kier molecular flexibility index (Phi) is 6.11. The zero-order valence-corrected chi connectivity index (χ0v) is 17.6. The van der Waals surface area contributed by atoms with Crippen LogP contribution in [0.25, 0.3) is 0 Å². The molecule has 0 bridgehead atoms. The third-order valence-corrected chi connectivity index (χ3v) is 6.53. The molecule has 2 fully saturated rings. The van der Waals surface area contributed by atoms with Crippen molar-refractivity contribution in [1.82, 2.24) is 19.7 Å². The molecule has 0 spiro atoms. The van der Waals surface area contributed by atoms with Crippen LogP contribution in [0.1, 0.15) is 50.9 Å². The minimum absolute atomic E-state index is 0.191. The van der Waals surface area contributed by atoms with E-state index in [1.54, 1.807) is 6.07 Å². The van der Waals surface area contributed by atoms with E-state index >= 15 is 0 Å². The Hall–Kier alpha value is -1.73. The topological polar surface area (TPSA) is 60.3 Å². The van der Waals surface area contributed by atoms with E-state index in [-0.39, 0.29) is 5.91 Å². The molecule has 2 aliphatic rings. The van der Waals surface area contributed by atoms with Crippen molar-refractivity contribution in [2.75, 3.05) is 12.3 Å². The molecule has 1 aliphatic heterocycles. The van der Waals surface area contributed by atoms with E-state index in [4.69, 9.17) is 16.3 Å². The highest BCUT2D eigenvalue weighted by Gasteiger charge is 2.31. The van der Waals surface area contributed by atoms with Gasteiger partial charge in [-0.05, 0) is 51.2 Å². The number of hydrogen-bond acceptors (Lipinski definition) is 5. The minimum atomic E-state index is 0.191. The highest BCUT2D eigenvalue weighted by Crippen LogP contribution is 2.39. The van der Waals surface area contributed by atoms with Gasteiger partial charge in [0.25, 0.3) is 0 Å². The maximum atomic E-state index is 12.6. The van der Waals surface area contributed by atoms with Gasteiger partial charge >= 0.3 is 0 Å². The molecule has 1 atom stereocenters. The Morgan fingerprint density at radius 1 is 1.25 bits per heavy atom. The second kappa shape index (κ2) is 8.74. The Balaban J connectivity index is 1.41. The van der Waals surface area contributed by atoms with E-state index in [2.05, 4.69) is 21.7 Å². The third kappa shape index (κ3) is 4.46. The van der Waals surface area contributed by atoms with E-state index in [0.717, 1.165) is 43.2 Å². The number of rotatable bonds is 7. The first-order chi connectivity index (χ1) is 13.6. The standard InChI is InChI=1S/C20H25ClN4O2S/c1-14-6-4-5-11-24(14)19(26)13-28-20-23-22-18(25(20)15-9-10-15)12-27-17-8-3-2-7-16(17)21/h2-3,7-8,14-15H,4-6,9-13H2,1H3. The minimum Gasteiger partial charge on any atom is -0.484 e. The fraction of sp³-hybridized carbons (Fsp3) is 0.550. The van der Waals surface area contributed by atoms with Gasteiger partial charge in [-0.3, -0.25) is 9.36 Å². The number of benzene rings is 1. The Bertz CT molecular complexity index is 839. The number of ether oxygens (including phenoxy) is 1. The summed E-state index contributed by atoms with van der Waals surface area (Å²) in [6.45, 7) is 3.32. The van der Waals surface area contributed by atoms with Crippen molar-refractivity contribution in [3.63, 3.8) is 0 Å². The van der Waals surface area contributed by atoms with Gasteiger partial charge in [0.05, 0.1) is 10.8 Å². The van der Waals surface area contributed by atoms with Crippen LogP contribution in [0, 0.1) is 0 Å². The van der Waals surface area contributed by atoms with Crippen LogP contribution < -0.4 is 4.74 Å². The zero-order valence-electron chi connectivity index (χ0n) is 16.0. The quantitative estimate of drug-likeness (QED) is 0.623.